The van der Waals surface area contributed by atoms with Gasteiger partial charge in [-0.3, -0.25) is 14.2 Å². The topological polar surface area (TPSA) is 67.6 Å². The van der Waals surface area contributed by atoms with E-state index in [1.54, 1.807) is 4.57 Å². The van der Waals surface area contributed by atoms with E-state index < -0.39 is 0 Å². The Kier molecular flexibility index (Phi) is 5.72. The molecule has 0 unspecified atom stereocenters. The zero-order valence-corrected chi connectivity index (χ0v) is 20.8. The van der Waals surface area contributed by atoms with Crippen molar-refractivity contribution in [2.24, 2.45) is 7.05 Å². The molecule has 5 aromatic rings. The standard InChI is InChI=1S/C30H31N5O/c1-20-9-8-12-23(17-20)28-27(29(33-32-28)31-19-21-10-4-3-5-11-21)22-15-16-25-26(18-22)34(2)30(36)35(25)24-13-6-7-14-24/h3-5,8-12,15-18,24H,6-7,13-14,19H2,1-2H3,(H2,31,32,33). The van der Waals surface area contributed by atoms with Crippen LogP contribution in [0.2, 0.25) is 0 Å². The second-order valence-corrected chi connectivity index (χ2v) is 9.88. The maximum atomic E-state index is 13.2. The average molecular weight is 478 g/mol. The van der Waals surface area contributed by atoms with E-state index in [9.17, 15) is 4.79 Å². The number of aromatic amines is 1. The Bertz CT molecular complexity index is 1590. The summed E-state index contributed by atoms with van der Waals surface area (Å²) >= 11 is 0. The fourth-order valence-electron chi connectivity index (χ4n) is 5.58. The fourth-order valence-corrected chi connectivity index (χ4v) is 5.58. The van der Waals surface area contributed by atoms with Gasteiger partial charge in [-0.2, -0.15) is 5.10 Å². The van der Waals surface area contributed by atoms with Gasteiger partial charge in [0.05, 0.1) is 22.3 Å². The highest BCUT2D eigenvalue weighted by atomic mass is 16.1. The predicted octanol–water partition coefficient (Wildman–Crippen LogP) is 6.43. The third-order valence-corrected chi connectivity index (χ3v) is 7.44. The highest BCUT2D eigenvalue weighted by molar-refractivity contribution is 5.92. The molecule has 1 saturated carbocycles. The van der Waals surface area contributed by atoms with Crippen LogP contribution in [0.15, 0.2) is 77.6 Å². The minimum Gasteiger partial charge on any atom is -0.364 e. The number of hydrogen-bond acceptors (Lipinski definition) is 3. The molecule has 2 aromatic heterocycles. The van der Waals surface area contributed by atoms with Crippen LogP contribution in [0.4, 0.5) is 5.82 Å². The Balaban J connectivity index is 1.48. The second kappa shape index (κ2) is 9.19. The first-order chi connectivity index (χ1) is 17.6. The van der Waals surface area contributed by atoms with Crippen LogP contribution in [0.3, 0.4) is 0 Å². The van der Waals surface area contributed by atoms with E-state index in [4.69, 9.17) is 5.10 Å². The number of fused-ring (bicyclic) bond motifs is 1. The lowest BCUT2D eigenvalue weighted by atomic mass is 9.99. The molecule has 36 heavy (non-hydrogen) atoms. The van der Waals surface area contributed by atoms with E-state index in [1.807, 2.05) is 29.8 Å². The zero-order chi connectivity index (χ0) is 24.6. The van der Waals surface area contributed by atoms with Crippen LogP contribution in [-0.2, 0) is 13.6 Å². The third kappa shape index (κ3) is 3.92. The summed E-state index contributed by atoms with van der Waals surface area (Å²) in [5, 5.41) is 11.5. The lowest BCUT2D eigenvalue weighted by molar-refractivity contribution is 0.509. The van der Waals surface area contributed by atoms with Gasteiger partial charge in [0.1, 0.15) is 0 Å². The van der Waals surface area contributed by atoms with E-state index in [0.717, 1.165) is 52.1 Å². The zero-order valence-electron chi connectivity index (χ0n) is 20.8. The highest BCUT2D eigenvalue weighted by Crippen LogP contribution is 2.38. The summed E-state index contributed by atoms with van der Waals surface area (Å²) < 4.78 is 3.80. The number of nitrogens with zero attached hydrogens (tertiary/aromatic N) is 3. The number of anilines is 1. The molecule has 1 aliphatic carbocycles. The maximum absolute atomic E-state index is 13.2. The van der Waals surface area contributed by atoms with Crippen LogP contribution in [0, 0.1) is 6.92 Å². The van der Waals surface area contributed by atoms with Crippen LogP contribution >= 0.6 is 0 Å². The SMILES string of the molecule is Cc1cccc(-c2[nH]nc(NCc3ccccc3)c2-c2ccc3c(c2)n(C)c(=O)n3C2CCCC2)c1. The Morgan fingerprint density at radius 1 is 0.944 bits per heavy atom. The molecular formula is C30H31N5O. The molecule has 0 aliphatic heterocycles. The van der Waals surface area contributed by atoms with Crippen molar-refractivity contribution < 1.29 is 0 Å². The Hall–Kier alpha value is -4.06. The lowest BCUT2D eigenvalue weighted by Gasteiger charge is -2.12. The van der Waals surface area contributed by atoms with Gasteiger partial charge in [0.25, 0.3) is 0 Å². The van der Waals surface area contributed by atoms with Gasteiger partial charge >= 0.3 is 5.69 Å². The molecule has 6 nitrogen and oxygen atoms in total. The molecule has 3 aromatic carbocycles. The van der Waals surface area contributed by atoms with Gasteiger partial charge in [-0.25, -0.2) is 4.79 Å². The number of benzene rings is 3. The molecule has 182 valence electrons. The average Bonchev–Trinajstić information content (AvgIpc) is 3.63. The first-order valence-corrected chi connectivity index (χ1v) is 12.7. The van der Waals surface area contributed by atoms with Crippen LogP contribution in [0.5, 0.6) is 0 Å². The second-order valence-electron chi connectivity index (χ2n) is 9.88. The largest absolute Gasteiger partial charge is 0.364 e. The summed E-state index contributed by atoms with van der Waals surface area (Å²) in [4.78, 5) is 13.2. The molecule has 1 aliphatic rings. The molecule has 6 rings (SSSR count). The molecule has 0 spiro atoms. The molecule has 0 saturated heterocycles. The summed E-state index contributed by atoms with van der Waals surface area (Å²) in [6.07, 6.45) is 4.54. The minimum absolute atomic E-state index is 0.0718. The van der Waals surface area contributed by atoms with Crippen molar-refractivity contribution >= 4 is 16.9 Å². The fraction of sp³-hybridized carbons (Fsp3) is 0.267. The molecular weight excluding hydrogens is 446 g/mol. The Labute approximate surface area is 210 Å². The quantitative estimate of drug-likeness (QED) is 0.296. The smallest absolute Gasteiger partial charge is 0.329 e. The molecule has 2 N–H and O–H groups in total. The van der Waals surface area contributed by atoms with E-state index >= 15 is 0 Å². The predicted molar refractivity (Wildman–Crippen MR) is 146 cm³/mol. The van der Waals surface area contributed by atoms with Crippen molar-refractivity contribution in [2.75, 3.05) is 5.32 Å². The number of hydrogen-bond donors (Lipinski definition) is 2. The van der Waals surface area contributed by atoms with Gasteiger partial charge < -0.3 is 5.32 Å². The summed E-state index contributed by atoms with van der Waals surface area (Å²) in [6.45, 7) is 2.77. The van der Waals surface area contributed by atoms with Gasteiger partial charge in [-0.05, 0) is 49.1 Å². The van der Waals surface area contributed by atoms with Crippen molar-refractivity contribution in [3.05, 3.63) is 94.4 Å². The Morgan fingerprint density at radius 2 is 1.75 bits per heavy atom. The summed E-state index contributed by atoms with van der Waals surface area (Å²) in [6, 6.07) is 25.4. The van der Waals surface area contributed by atoms with Crippen LogP contribution < -0.4 is 11.0 Å². The molecule has 6 heteroatoms. The highest BCUT2D eigenvalue weighted by Gasteiger charge is 2.24. The van der Waals surface area contributed by atoms with Crippen LogP contribution in [0.1, 0.15) is 42.9 Å². The van der Waals surface area contributed by atoms with E-state index in [-0.39, 0.29) is 5.69 Å². The number of rotatable bonds is 6. The molecule has 0 radical (unpaired) electrons. The molecule has 2 heterocycles. The normalized spacial score (nSPS) is 14.1. The van der Waals surface area contributed by atoms with Gasteiger partial charge in [0.2, 0.25) is 0 Å². The van der Waals surface area contributed by atoms with E-state index in [1.165, 1.54) is 24.0 Å². The minimum atomic E-state index is 0.0718. The lowest BCUT2D eigenvalue weighted by Crippen LogP contribution is -2.24. The number of H-pyrrole nitrogens is 1. The first-order valence-electron chi connectivity index (χ1n) is 12.7. The van der Waals surface area contributed by atoms with Gasteiger partial charge in [0, 0.05) is 25.2 Å². The third-order valence-electron chi connectivity index (χ3n) is 7.44. The van der Waals surface area contributed by atoms with Crippen molar-refractivity contribution in [1.82, 2.24) is 19.3 Å². The monoisotopic (exact) mass is 477 g/mol. The molecule has 0 amide bonds. The van der Waals surface area contributed by atoms with Crippen molar-refractivity contribution in [1.29, 1.82) is 0 Å². The summed E-state index contributed by atoms with van der Waals surface area (Å²) in [5.74, 6) is 0.801. The van der Waals surface area contributed by atoms with Gasteiger partial charge in [-0.1, -0.05) is 73.0 Å². The van der Waals surface area contributed by atoms with E-state index in [2.05, 4.69) is 71.9 Å². The maximum Gasteiger partial charge on any atom is 0.329 e. The molecule has 0 atom stereocenters. The summed E-state index contributed by atoms with van der Waals surface area (Å²) in [5.41, 5.74) is 8.52. The van der Waals surface area contributed by atoms with Crippen molar-refractivity contribution in [2.45, 2.75) is 45.2 Å². The van der Waals surface area contributed by atoms with Gasteiger partial charge in [0.15, 0.2) is 5.82 Å². The number of nitrogens with one attached hydrogen (secondary N) is 2. The van der Waals surface area contributed by atoms with Crippen molar-refractivity contribution in [3.63, 3.8) is 0 Å². The van der Waals surface area contributed by atoms with Crippen LogP contribution in [0.25, 0.3) is 33.4 Å². The first kappa shape index (κ1) is 22.4. The van der Waals surface area contributed by atoms with Crippen molar-refractivity contribution in [3.8, 4) is 22.4 Å². The number of aromatic nitrogens is 4. The molecule has 1 fully saturated rings. The Morgan fingerprint density at radius 3 is 2.53 bits per heavy atom. The van der Waals surface area contributed by atoms with Crippen LogP contribution in [-0.4, -0.2) is 19.3 Å². The number of aryl methyl sites for hydroxylation is 2. The molecule has 0 bridgehead atoms. The summed E-state index contributed by atoms with van der Waals surface area (Å²) in [7, 11) is 1.88. The van der Waals surface area contributed by atoms with E-state index in [0.29, 0.717) is 12.6 Å². The number of imidazole rings is 1. The van der Waals surface area contributed by atoms with Gasteiger partial charge in [-0.15, -0.1) is 0 Å².